The average Bonchev–Trinajstić information content (AvgIpc) is 2.28. The van der Waals surface area contributed by atoms with Gasteiger partial charge in [-0.25, -0.2) is 13.6 Å². The highest BCUT2D eigenvalue weighted by molar-refractivity contribution is 7.89. The highest BCUT2D eigenvalue weighted by Crippen LogP contribution is 2.29. The number of anilines is 2. The van der Waals surface area contributed by atoms with Crippen molar-refractivity contribution in [1.29, 1.82) is 0 Å². The Morgan fingerprint density at radius 3 is 2.33 bits per heavy atom. The fraction of sp³-hybridized carbons (Fsp3) is 0.462. The van der Waals surface area contributed by atoms with Gasteiger partial charge in [0.05, 0.1) is 11.4 Å². The lowest BCUT2D eigenvalue weighted by atomic mass is 10.1. The SMILES string of the molecule is Cc1c(N(CC(N)=O)CC(C)C)cc(N)cc1S(N)(=O)=O. The van der Waals surface area contributed by atoms with E-state index in [2.05, 4.69) is 0 Å². The predicted octanol–water partition coefficient (Wildman–Crippen LogP) is 0.172. The molecule has 1 amide bonds. The van der Waals surface area contributed by atoms with Crippen molar-refractivity contribution in [3.8, 4) is 0 Å². The second-order valence-corrected chi connectivity index (χ2v) is 6.98. The maximum Gasteiger partial charge on any atom is 0.238 e. The lowest BCUT2D eigenvalue weighted by Crippen LogP contribution is -2.37. The summed E-state index contributed by atoms with van der Waals surface area (Å²) in [4.78, 5) is 12.9. The van der Waals surface area contributed by atoms with Crippen LogP contribution in [0.3, 0.4) is 0 Å². The largest absolute Gasteiger partial charge is 0.399 e. The molecular formula is C13H22N4O3S. The zero-order valence-electron chi connectivity index (χ0n) is 12.5. The van der Waals surface area contributed by atoms with Crippen molar-refractivity contribution in [2.75, 3.05) is 23.7 Å². The van der Waals surface area contributed by atoms with Crippen LogP contribution in [0.4, 0.5) is 11.4 Å². The topological polar surface area (TPSA) is 133 Å². The minimum atomic E-state index is -3.89. The van der Waals surface area contributed by atoms with Crippen LogP contribution < -0.4 is 21.5 Å². The van der Waals surface area contributed by atoms with Gasteiger partial charge in [0.25, 0.3) is 0 Å². The summed E-state index contributed by atoms with van der Waals surface area (Å²) >= 11 is 0. The summed E-state index contributed by atoms with van der Waals surface area (Å²) in [5, 5.41) is 5.20. The molecule has 0 atom stereocenters. The molecule has 8 heteroatoms. The monoisotopic (exact) mass is 314 g/mol. The highest BCUT2D eigenvalue weighted by Gasteiger charge is 2.20. The number of sulfonamides is 1. The number of primary sulfonamides is 1. The summed E-state index contributed by atoms with van der Waals surface area (Å²) in [7, 11) is -3.89. The van der Waals surface area contributed by atoms with Gasteiger partial charge in [0.1, 0.15) is 0 Å². The minimum Gasteiger partial charge on any atom is -0.399 e. The average molecular weight is 314 g/mol. The number of hydrogen-bond acceptors (Lipinski definition) is 5. The zero-order chi connectivity index (χ0) is 16.4. The lowest BCUT2D eigenvalue weighted by molar-refractivity contribution is -0.116. The quantitative estimate of drug-likeness (QED) is 0.644. The summed E-state index contributed by atoms with van der Waals surface area (Å²) < 4.78 is 23.3. The third-order valence-corrected chi connectivity index (χ3v) is 3.97. The van der Waals surface area contributed by atoms with E-state index in [1.54, 1.807) is 17.9 Å². The van der Waals surface area contributed by atoms with Crippen molar-refractivity contribution in [2.24, 2.45) is 16.8 Å². The Labute approximate surface area is 125 Å². The predicted molar refractivity (Wildman–Crippen MR) is 83.2 cm³/mol. The van der Waals surface area contributed by atoms with Crippen molar-refractivity contribution < 1.29 is 13.2 Å². The molecule has 0 bridgehead atoms. The van der Waals surface area contributed by atoms with Crippen molar-refractivity contribution in [3.63, 3.8) is 0 Å². The number of carbonyl (C=O) groups excluding carboxylic acids is 1. The Morgan fingerprint density at radius 2 is 1.90 bits per heavy atom. The van der Waals surface area contributed by atoms with Crippen LogP contribution in [0.1, 0.15) is 19.4 Å². The van der Waals surface area contributed by atoms with Crippen molar-refractivity contribution >= 4 is 27.3 Å². The van der Waals surface area contributed by atoms with Gasteiger partial charge in [-0.1, -0.05) is 13.8 Å². The first-order chi connectivity index (χ1) is 9.52. The van der Waals surface area contributed by atoms with E-state index in [1.165, 1.54) is 6.07 Å². The second-order valence-electron chi connectivity index (χ2n) is 5.45. The van der Waals surface area contributed by atoms with E-state index in [0.29, 0.717) is 17.8 Å². The van der Waals surface area contributed by atoms with Gasteiger partial charge < -0.3 is 16.4 Å². The molecule has 0 spiro atoms. The van der Waals surface area contributed by atoms with Crippen molar-refractivity contribution in [3.05, 3.63) is 17.7 Å². The maximum absolute atomic E-state index is 11.6. The van der Waals surface area contributed by atoms with Gasteiger partial charge in [0.2, 0.25) is 15.9 Å². The van der Waals surface area contributed by atoms with Crippen molar-refractivity contribution in [2.45, 2.75) is 25.7 Å². The molecule has 0 saturated heterocycles. The van der Waals surface area contributed by atoms with Crippen molar-refractivity contribution in [1.82, 2.24) is 0 Å². The first-order valence-corrected chi connectivity index (χ1v) is 8.03. The van der Waals surface area contributed by atoms with E-state index < -0.39 is 15.9 Å². The number of amides is 1. The standard InChI is InChI=1S/C13H22N4O3S/c1-8(2)6-17(7-13(15)18)11-4-10(14)5-12(9(11)3)21(16,19)20/h4-5,8H,6-7,14H2,1-3H3,(H2,15,18)(H2,16,19,20). The van der Waals surface area contributed by atoms with E-state index in [9.17, 15) is 13.2 Å². The molecule has 6 N–H and O–H groups in total. The molecular weight excluding hydrogens is 292 g/mol. The fourth-order valence-corrected chi connectivity index (χ4v) is 3.03. The molecule has 1 aromatic carbocycles. The number of nitrogens with two attached hydrogens (primary N) is 3. The van der Waals surface area contributed by atoms with Gasteiger partial charge >= 0.3 is 0 Å². The zero-order valence-corrected chi connectivity index (χ0v) is 13.3. The number of benzene rings is 1. The molecule has 21 heavy (non-hydrogen) atoms. The van der Waals surface area contributed by atoms with Gasteiger partial charge in [0, 0.05) is 17.9 Å². The Kier molecular flexibility index (Phi) is 5.19. The van der Waals surface area contributed by atoms with Gasteiger partial charge in [-0.2, -0.15) is 0 Å². The first kappa shape index (κ1) is 17.3. The van der Waals surface area contributed by atoms with Crippen LogP contribution in [0.5, 0.6) is 0 Å². The molecule has 0 aromatic heterocycles. The third kappa shape index (κ3) is 4.61. The molecule has 0 aliphatic rings. The minimum absolute atomic E-state index is 0.0213. The van der Waals surface area contributed by atoms with Gasteiger partial charge in [0.15, 0.2) is 0 Å². The van der Waals surface area contributed by atoms with Gasteiger partial charge in [-0.15, -0.1) is 0 Å². The Bertz CT molecular complexity index is 641. The second kappa shape index (κ2) is 6.31. The summed E-state index contributed by atoms with van der Waals surface area (Å²) in [5.74, 6) is -0.252. The number of carbonyl (C=O) groups is 1. The van der Waals surface area contributed by atoms with E-state index in [0.717, 1.165) is 0 Å². The summed E-state index contributed by atoms with van der Waals surface area (Å²) in [5.41, 5.74) is 12.3. The smallest absolute Gasteiger partial charge is 0.238 e. The molecule has 0 heterocycles. The van der Waals surface area contributed by atoms with Crippen LogP contribution in [-0.2, 0) is 14.8 Å². The van der Waals surface area contributed by atoms with Crippen LogP contribution in [0, 0.1) is 12.8 Å². The van der Waals surface area contributed by atoms with Gasteiger partial charge in [-0.3, -0.25) is 4.79 Å². The normalized spacial score (nSPS) is 11.7. The molecule has 0 unspecified atom stereocenters. The molecule has 0 fully saturated rings. The third-order valence-electron chi connectivity index (χ3n) is 2.93. The fourth-order valence-electron chi connectivity index (χ4n) is 2.19. The Hall–Kier alpha value is -1.80. The lowest BCUT2D eigenvalue weighted by Gasteiger charge is -2.28. The number of nitrogen functional groups attached to an aromatic ring is 1. The molecule has 0 aliphatic carbocycles. The molecule has 7 nitrogen and oxygen atoms in total. The molecule has 0 aliphatic heterocycles. The van der Waals surface area contributed by atoms with E-state index in [4.69, 9.17) is 16.6 Å². The van der Waals surface area contributed by atoms with E-state index >= 15 is 0 Å². The number of hydrogen-bond donors (Lipinski definition) is 3. The summed E-state index contributed by atoms with van der Waals surface area (Å²) in [6, 6.07) is 2.93. The molecule has 0 radical (unpaired) electrons. The van der Waals surface area contributed by atoms with Crippen LogP contribution in [0.15, 0.2) is 17.0 Å². The number of nitrogens with zero attached hydrogens (tertiary/aromatic N) is 1. The van der Waals surface area contributed by atoms with Crippen LogP contribution in [-0.4, -0.2) is 27.4 Å². The van der Waals surface area contributed by atoms with Crippen LogP contribution >= 0.6 is 0 Å². The Morgan fingerprint density at radius 1 is 1.33 bits per heavy atom. The van der Waals surface area contributed by atoms with Gasteiger partial charge in [-0.05, 0) is 30.5 Å². The molecule has 0 saturated carbocycles. The maximum atomic E-state index is 11.6. The number of rotatable bonds is 6. The van der Waals surface area contributed by atoms with E-state index in [1.807, 2.05) is 13.8 Å². The Balaban J connectivity index is 3.44. The van der Waals surface area contributed by atoms with Crippen LogP contribution in [0.25, 0.3) is 0 Å². The van der Waals surface area contributed by atoms with Crippen LogP contribution in [0.2, 0.25) is 0 Å². The molecule has 1 rings (SSSR count). The first-order valence-electron chi connectivity index (χ1n) is 6.48. The molecule has 118 valence electrons. The van der Waals surface area contributed by atoms with E-state index in [-0.39, 0.29) is 23.0 Å². The molecule has 1 aromatic rings. The summed E-state index contributed by atoms with van der Waals surface area (Å²) in [6.45, 7) is 6.11. The number of primary amides is 1. The summed E-state index contributed by atoms with van der Waals surface area (Å²) in [6.07, 6.45) is 0. The highest BCUT2D eigenvalue weighted by atomic mass is 32.2.